The first-order valence-electron chi connectivity index (χ1n) is 8.09. The Morgan fingerprint density at radius 1 is 1.24 bits per heavy atom. The molecule has 1 aromatic carbocycles. The first-order valence-corrected chi connectivity index (χ1v) is 8.88. The maximum atomic E-state index is 12.5. The highest BCUT2D eigenvalue weighted by Gasteiger charge is 2.24. The smallest absolute Gasteiger partial charge is 0.289 e. The minimum atomic E-state index is -0.0422. The van der Waals surface area contributed by atoms with Crippen LogP contribution in [0.2, 0.25) is 0 Å². The zero-order chi connectivity index (χ0) is 16.9. The van der Waals surface area contributed by atoms with Crippen LogP contribution in [-0.2, 0) is 6.61 Å². The molecule has 2 aromatic rings. The molecule has 7 heteroatoms. The SMILES string of the molecule is CNC1CCN(C(=O)c2ccc(COc3ccc(Br)cc3)o2)CC1.Cl. The van der Waals surface area contributed by atoms with Crippen molar-refractivity contribution >= 4 is 34.2 Å². The average Bonchev–Trinajstić information content (AvgIpc) is 3.10. The lowest BCUT2D eigenvalue weighted by Crippen LogP contribution is -2.43. The summed E-state index contributed by atoms with van der Waals surface area (Å²) < 4.78 is 12.3. The lowest BCUT2D eigenvalue weighted by atomic mass is 10.1. The van der Waals surface area contributed by atoms with Gasteiger partial charge in [0.1, 0.15) is 18.1 Å². The summed E-state index contributed by atoms with van der Waals surface area (Å²) in [5, 5.41) is 3.26. The Morgan fingerprint density at radius 2 is 1.92 bits per heavy atom. The predicted molar refractivity (Wildman–Crippen MR) is 102 cm³/mol. The number of nitrogens with zero attached hydrogens (tertiary/aromatic N) is 1. The number of benzene rings is 1. The molecule has 0 bridgehead atoms. The molecule has 1 fully saturated rings. The van der Waals surface area contributed by atoms with Crippen LogP contribution in [0.4, 0.5) is 0 Å². The third-order valence-corrected chi connectivity index (χ3v) is 4.79. The largest absolute Gasteiger partial charge is 0.486 e. The fraction of sp³-hybridized carbons (Fsp3) is 0.389. The lowest BCUT2D eigenvalue weighted by Gasteiger charge is -2.31. The van der Waals surface area contributed by atoms with E-state index in [9.17, 15) is 4.79 Å². The van der Waals surface area contributed by atoms with Gasteiger partial charge >= 0.3 is 0 Å². The van der Waals surface area contributed by atoms with E-state index in [2.05, 4.69) is 21.2 Å². The summed E-state index contributed by atoms with van der Waals surface area (Å²) in [6, 6.07) is 11.6. The number of hydrogen-bond donors (Lipinski definition) is 1. The van der Waals surface area contributed by atoms with Gasteiger partial charge in [0.25, 0.3) is 5.91 Å². The molecule has 0 unspecified atom stereocenters. The number of furan rings is 1. The van der Waals surface area contributed by atoms with Crippen LogP contribution in [0.15, 0.2) is 45.3 Å². The van der Waals surface area contributed by atoms with Gasteiger partial charge in [-0.15, -0.1) is 12.4 Å². The molecule has 5 nitrogen and oxygen atoms in total. The molecule has 2 heterocycles. The second-order valence-electron chi connectivity index (χ2n) is 5.86. The minimum absolute atomic E-state index is 0. The highest BCUT2D eigenvalue weighted by Crippen LogP contribution is 2.19. The Hall–Kier alpha value is -1.50. The molecule has 1 saturated heterocycles. The molecule has 0 radical (unpaired) electrons. The van der Waals surface area contributed by atoms with Crippen molar-refractivity contribution in [1.82, 2.24) is 10.2 Å². The van der Waals surface area contributed by atoms with E-state index in [0.29, 0.717) is 24.2 Å². The van der Waals surface area contributed by atoms with E-state index in [0.717, 1.165) is 36.2 Å². The predicted octanol–water partition coefficient (Wildman–Crippen LogP) is 3.87. The van der Waals surface area contributed by atoms with Gasteiger partial charge in [-0.05, 0) is 56.3 Å². The van der Waals surface area contributed by atoms with Gasteiger partial charge < -0.3 is 19.4 Å². The molecule has 1 aliphatic rings. The molecule has 0 spiro atoms. The van der Waals surface area contributed by atoms with Crippen LogP contribution in [0.1, 0.15) is 29.2 Å². The van der Waals surface area contributed by atoms with Gasteiger partial charge in [-0.3, -0.25) is 4.79 Å². The molecule has 0 atom stereocenters. The van der Waals surface area contributed by atoms with E-state index < -0.39 is 0 Å². The van der Waals surface area contributed by atoms with Gasteiger partial charge in [0.05, 0.1) is 0 Å². The van der Waals surface area contributed by atoms with E-state index in [-0.39, 0.29) is 18.3 Å². The molecule has 1 aromatic heterocycles. The van der Waals surface area contributed by atoms with Crippen molar-refractivity contribution in [2.45, 2.75) is 25.5 Å². The summed E-state index contributed by atoms with van der Waals surface area (Å²) in [6.45, 7) is 1.82. The summed E-state index contributed by atoms with van der Waals surface area (Å²) in [5.74, 6) is 1.75. The molecule has 1 amide bonds. The van der Waals surface area contributed by atoms with Crippen molar-refractivity contribution < 1.29 is 13.9 Å². The van der Waals surface area contributed by atoms with Crippen molar-refractivity contribution in [1.29, 1.82) is 0 Å². The van der Waals surface area contributed by atoms with E-state index in [1.807, 2.05) is 36.2 Å². The summed E-state index contributed by atoms with van der Waals surface area (Å²) in [7, 11) is 1.96. The number of piperidine rings is 1. The summed E-state index contributed by atoms with van der Waals surface area (Å²) in [5.41, 5.74) is 0. The van der Waals surface area contributed by atoms with Crippen LogP contribution in [0.25, 0.3) is 0 Å². The number of carbonyl (C=O) groups is 1. The van der Waals surface area contributed by atoms with Crippen LogP contribution >= 0.6 is 28.3 Å². The number of nitrogens with one attached hydrogen (secondary N) is 1. The Kier molecular flexibility index (Phi) is 7.35. The Morgan fingerprint density at radius 3 is 2.56 bits per heavy atom. The number of likely N-dealkylation sites (tertiary alicyclic amines) is 1. The van der Waals surface area contributed by atoms with Crippen LogP contribution in [0.3, 0.4) is 0 Å². The maximum Gasteiger partial charge on any atom is 0.289 e. The van der Waals surface area contributed by atoms with E-state index in [1.165, 1.54) is 0 Å². The molecule has 0 saturated carbocycles. The van der Waals surface area contributed by atoms with E-state index in [1.54, 1.807) is 12.1 Å². The number of hydrogen-bond acceptors (Lipinski definition) is 4. The van der Waals surface area contributed by atoms with Crippen LogP contribution < -0.4 is 10.1 Å². The molecule has 0 aliphatic carbocycles. The quantitative estimate of drug-likeness (QED) is 0.784. The van der Waals surface area contributed by atoms with Crippen LogP contribution in [0, 0.1) is 0 Å². The van der Waals surface area contributed by atoms with Crippen LogP contribution in [0.5, 0.6) is 5.75 Å². The maximum absolute atomic E-state index is 12.5. The number of halogens is 2. The third-order valence-electron chi connectivity index (χ3n) is 4.26. The Labute approximate surface area is 162 Å². The van der Waals surface area contributed by atoms with Gasteiger partial charge in [0.15, 0.2) is 5.76 Å². The topological polar surface area (TPSA) is 54.7 Å². The Balaban J connectivity index is 0.00000225. The van der Waals surface area contributed by atoms with Gasteiger partial charge in [0, 0.05) is 23.6 Å². The van der Waals surface area contributed by atoms with Crippen molar-refractivity contribution in [3.05, 3.63) is 52.4 Å². The van der Waals surface area contributed by atoms with Crippen molar-refractivity contribution in [2.24, 2.45) is 0 Å². The van der Waals surface area contributed by atoms with Gasteiger partial charge in [-0.1, -0.05) is 15.9 Å². The number of carbonyl (C=O) groups excluding carboxylic acids is 1. The fourth-order valence-electron chi connectivity index (χ4n) is 2.78. The normalized spacial score (nSPS) is 14.9. The van der Waals surface area contributed by atoms with Gasteiger partial charge in [-0.25, -0.2) is 0 Å². The first-order chi connectivity index (χ1) is 11.7. The lowest BCUT2D eigenvalue weighted by molar-refractivity contribution is 0.0671. The van der Waals surface area contributed by atoms with Crippen molar-refractivity contribution in [3.63, 3.8) is 0 Å². The van der Waals surface area contributed by atoms with E-state index in [4.69, 9.17) is 9.15 Å². The second kappa shape index (κ2) is 9.27. The molecule has 25 heavy (non-hydrogen) atoms. The first kappa shape index (κ1) is 19.8. The monoisotopic (exact) mass is 428 g/mol. The van der Waals surface area contributed by atoms with Gasteiger partial charge in [0.2, 0.25) is 0 Å². The summed E-state index contributed by atoms with van der Waals surface area (Å²) >= 11 is 3.39. The van der Waals surface area contributed by atoms with Crippen molar-refractivity contribution in [3.8, 4) is 5.75 Å². The minimum Gasteiger partial charge on any atom is -0.486 e. The highest BCUT2D eigenvalue weighted by atomic mass is 79.9. The third kappa shape index (κ3) is 5.23. The molecule has 3 rings (SSSR count). The molecular formula is C18H22BrClN2O3. The van der Waals surface area contributed by atoms with Crippen molar-refractivity contribution in [2.75, 3.05) is 20.1 Å². The zero-order valence-corrected chi connectivity index (χ0v) is 16.4. The number of amides is 1. The van der Waals surface area contributed by atoms with E-state index >= 15 is 0 Å². The molecule has 1 N–H and O–H groups in total. The zero-order valence-electron chi connectivity index (χ0n) is 14.0. The van der Waals surface area contributed by atoms with Crippen LogP contribution in [-0.4, -0.2) is 37.0 Å². The molecule has 1 aliphatic heterocycles. The molecule has 136 valence electrons. The second-order valence-corrected chi connectivity index (χ2v) is 6.78. The standard InChI is InChI=1S/C18H21BrN2O3.ClH/c1-20-14-8-10-21(11-9-14)18(22)17-7-6-16(24-17)12-23-15-4-2-13(19)3-5-15;/h2-7,14,20H,8-12H2,1H3;1H. The Bertz CT molecular complexity index is 682. The number of rotatable bonds is 5. The average molecular weight is 430 g/mol. The summed E-state index contributed by atoms with van der Waals surface area (Å²) in [6.07, 6.45) is 1.95. The number of ether oxygens (including phenoxy) is 1. The van der Waals surface area contributed by atoms with Gasteiger partial charge in [-0.2, -0.15) is 0 Å². The molecular weight excluding hydrogens is 408 g/mol. The summed E-state index contributed by atoms with van der Waals surface area (Å²) in [4.78, 5) is 14.3. The highest BCUT2D eigenvalue weighted by molar-refractivity contribution is 9.10. The fourth-order valence-corrected chi connectivity index (χ4v) is 3.05.